The summed E-state index contributed by atoms with van der Waals surface area (Å²) in [5.74, 6) is 1.01. The van der Waals surface area contributed by atoms with Crippen molar-refractivity contribution in [3.63, 3.8) is 0 Å². The number of benzene rings is 1. The van der Waals surface area contributed by atoms with Crippen LogP contribution in [-0.2, 0) is 4.74 Å². The number of nitrogens with one attached hydrogen (secondary N) is 1. The van der Waals surface area contributed by atoms with E-state index < -0.39 is 0 Å². The first kappa shape index (κ1) is 18.3. The number of hydrogen-bond donors (Lipinski definition) is 2. The number of unbranched alkanes of at least 4 members (excludes halogenated alkanes) is 1. The summed E-state index contributed by atoms with van der Waals surface area (Å²) in [6.45, 7) is 7.96. The molecule has 21 heavy (non-hydrogen) atoms. The summed E-state index contributed by atoms with van der Waals surface area (Å²) in [5.41, 5.74) is 7.89. The number of hydrogen-bond acceptors (Lipinski definition) is 4. The first-order valence-corrected chi connectivity index (χ1v) is 8.86. The molecule has 0 fully saturated rings. The van der Waals surface area contributed by atoms with Crippen molar-refractivity contribution in [2.75, 3.05) is 24.2 Å². The second kappa shape index (κ2) is 10.0. The summed E-state index contributed by atoms with van der Waals surface area (Å²) in [6.07, 6.45) is 2.42. The van der Waals surface area contributed by atoms with Gasteiger partial charge in [-0.3, -0.25) is 0 Å². The summed E-state index contributed by atoms with van der Waals surface area (Å²) < 4.78 is 5.54. The van der Waals surface area contributed by atoms with E-state index in [4.69, 9.17) is 22.7 Å². The van der Waals surface area contributed by atoms with Gasteiger partial charge in [0.15, 0.2) is 0 Å². The van der Waals surface area contributed by atoms with Gasteiger partial charge in [-0.2, -0.15) is 0 Å². The lowest BCUT2D eigenvalue weighted by Gasteiger charge is -2.15. The maximum atomic E-state index is 5.89. The second-order valence-electron chi connectivity index (χ2n) is 5.03. The van der Waals surface area contributed by atoms with Crippen LogP contribution in [-0.4, -0.2) is 30.0 Å². The van der Waals surface area contributed by atoms with E-state index in [1.54, 1.807) is 11.8 Å². The van der Waals surface area contributed by atoms with E-state index in [1.807, 2.05) is 12.1 Å². The molecule has 118 valence electrons. The van der Waals surface area contributed by atoms with Crippen LogP contribution in [0.3, 0.4) is 0 Å². The van der Waals surface area contributed by atoms with Crippen molar-refractivity contribution in [1.82, 2.24) is 0 Å². The minimum atomic E-state index is 0.307. The van der Waals surface area contributed by atoms with E-state index in [0.29, 0.717) is 11.1 Å². The molecule has 0 saturated carbocycles. The molecule has 0 radical (unpaired) electrons. The van der Waals surface area contributed by atoms with E-state index in [0.717, 1.165) is 47.9 Å². The molecule has 3 N–H and O–H groups in total. The molecule has 5 heteroatoms. The van der Waals surface area contributed by atoms with Gasteiger partial charge < -0.3 is 15.8 Å². The van der Waals surface area contributed by atoms with E-state index in [2.05, 4.69) is 32.2 Å². The highest BCUT2D eigenvalue weighted by molar-refractivity contribution is 7.99. The largest absolute Gasteiger partial charge is 0.389 e. The van der Waals surface area contributed by atoms with E-state index in [-0.39, 0.29) is 0 Å². The number of ether oxygens (including phenoxy) is 1. The SMILES string of the molecule is CCSc1cccc(NCCCCOC(C)C)c1C(N)=S. The fourth-order valence-corrected chi connectivity index (χ4v) is 3.11. The fraction of sp³-hybridized carbons (Fsp3) is 0.562. The van der Waals surface area contributed by atoms with Crippen LogP contribution in [0.2, 0.25) is 0 Å². The highest BCUT2D eigenvalue weighted by Crippen LogP contribution is 2.28. The maximum absolute atomic E-state index is 5.89. The Morgan fingerprint density at radius 1 is 1.38 bits per heavy atom. The van der Waals surface area contributed by atoms with Gasteiger partial charge in [-0.25, -0.2) is 0 Å². The quantitative estimate of drug-likeness (QED) is 0.386. The summed E-state index contributed by atoms with van der Waals surface area (Å²) >= 11 is 6.97. The lowest BCUT2D eigenvalue weighted by molar-refractivity contribution is 0.0765. The average Bonchev–Trinajstić information content (AvgIpc) is 2.42. The second-order valence-corrected chi connectivity index (χ2v) is 6.78. The molecule has 0 heterocycles. The Morgan fingerprint density at radius 3 is 2.76 bits per heavy atom. The number of thioether (sulfide) groups is 1. The minimum Gasteiger partial charge on any atom is -0.389 e. The molecule has 1 aromatic carbocycles. The van der Waals surface area contributed by atoms with Gasteiger partial charge in [0.05, 0.1) is 6.10 Å². The zero-order valence-electron chi connectivity index (χ0n) is 13.1. The van der Waals surface area contributed by atoms with Crippen LogP contribution in [0.15, 0.2) is 23.1 Å². The molecule has 0 unspecified atom stereocenters. The molecule has 0 amide bonds. The van der Waals surface area contributed by atoms with E-state index in [1.165, 1.54) is 0 Å². The molecule has 0 bridgehead atoms. The lowest BCUT2D eigenvalue weighted by atomic mass is 10.1. The van der Waals surface area contributed by atoms with E-state index in [9.17, 15) is 0 Å². The summed E-state index contributed by atoms with van der Waals surface area (Å²) in [4.78, 5) is 1.61. The van der Waals surface area contributed by atoms with E-state index >= 15 is 0 Å². The maximum Gasteiger partial charge on any atom is 0.107 e. The molecule has 0 atom stereocenters. The van der Waals surface area contributed by atoms with Crippen molar-refractivity contribution in [1.29, 1.82) is 0 Å². The van der Waals surface area contributed by atoms with Gasteiger partial charge in [0, 0.05) is 29.3 Å². The van der Waals surface area contributed by atoms with Crippen molar-refractivity contribution in [2.45, 2.75) is 44.6 Å². The zero-order chi connectivity index (χ0) is 15.7. The number of anilines is 1. The van der Waals surface area contributed by atoms with Crippen LogP contribution in [0.25, 0.3) is 0 Å². The van der Waals surface area contributed by atoms with Crippen LogP contribution in [0, 0.1) is 0 Å². The molecule has 1 aromatic rings. The van der Waals surface area contributed by atoms with Crippen molar-refractivity contribution < 1.29 is 4.74 Å². The predicted octanol–water partition coefficient (Wildman–Crippen LogP) is 4.05. The van der Waals surface area contributed by atoms with Crippen LogP contribution in [0.5, 0.6) is 0 Å². The summed E-state index contributed by atoms with van der Waals surface area (Å²) in [5, 5.41) is 3.45. The smallest absolute Gasteiger partial charge is 0.107 e. The van der Waals surface area contributed by atoms with Gasteiger partial charge in [-0.15, -0.1) is 11.8 Å². The third-order valence-electron chi connectivity index (χ3n) is 2.91. The molecule has 0 spiro atoms. The number of thiocarbonyl (C=S) groups is 1. The minimum absolute atomic E-state index is 0.307. The summed E-state index contributed by atoms with van der Waals surface area (Å²) in [7, 11) is 0. The van der Waals surface area contributed by atoms with Gasteiger partial charge >= 0.3 is 0 Å². The van der Waals surface area contributed by atoms with Gasteiger partial charge in [0.1, 0.15) is 4.99 Å². The molecule has 1 rings (SSSR count). The standard InChI is InChI=1S/C16H26N2OS2/c1-4-21-14-9-7-8-13(15(14)16(17)20)18-10-5-6-11-19-12(2)3/h7-9,12,18H,4-6,10-11H2,1-3H3,(H2,17,20). The zero-order valence-corrected chi connectivity index (χ0v) is 14.8. The first-order chi connectivity index (χ1) is 10.1. The molecular weight excluding hydrogens is 300 g/mol. The third kappa shape index (κ3) is 6.68. The Kier molecular flexibility index (Phi) is 8.73. The van der Waals surface area contributed by atoms with Crippen molar-refractivity contribution >= 4 is 34.7 Å². The van der Waals surface area contributed by atoms with Crippen molar-refractivity contribution in [3.8, 4) is 0 Å². The molecule has 0 aliphatic rings. The Balaban J connectivity index is 2.54. The molecule has 0 saturated heterocycles. The van der Waals surface area contributed by atoms with Crippen LogP contribution in [0.4, 0.5) is 5.69 Å². The predicted molar refractivity (Wildman–Crippen MR) is 97.5 cm³/mol. The monoisotopic (exact) mass is 326 g/mol. The normalized spacial score (nSPS) is 10.9. The number of rotatable bonds is 10. The number of nitrogens with two attached hydrogens (primary N) is 1. The van der Waals surface area contributed by atoms with Crippen molar-refractivity contribution in [3.05, 3.63) is 23.8 Å². The van der Waals surface area contributed by atoms with Gasteiger partial charge in [-0.1, -0.05) is 25.2 Å². The van der Waals surface area contributed by atoms with Gasteiger partial charge in [0.25, 0.3) is 0 Å². The first-order valence-electron chi connectivity index (χ1n) is 7.47. The van der Waals surface area contributed by atoms with Crippen LogP contribution in [0.1, 0.15) is 39.2 Å². The molecule has 0 aromatic heterocycles. The van der Waals surface area contributed by atoms with Crippen LogP contribution < -0.4 is 11.1 Å². The third-order valence-corrected chi connectivity index (χ3v) is 4.05. The molecule has 0 aliphatic carbocycles. The highest BCUT2D eigenvalue weighted by atomic mass is 32.2. The topological polar surface area (TPSA) is 47.3 Å². The molecule has 0 aliphatic heterocycles. The van der Waals surface area contributed by atoms with Gasteiger partial charge in [-0.05, 0) is 44.6 Å². The Hall–Kier alpha value is -0.780. The van der Waals surface area contributed by atoms with Crippen LogP contribution >= 0.6 is 24.0 Å². The fourth-order valence-electron chi connectivity index (χ4n) is 1.98. The van der Waals surface area contributed by atoms with Crippen molar-refractivity contribution in [2.24, 2.45) is 5.73 Å². The Bertz CT molecular complexity index is 450. The highest BCUT2D eigenvalue weighted by Gasteiger charge is 2.10. The Morgan fingerprint density at radius 2 is 2.14 bits per heavy atom. The molecule has 3 nitrogen and oxygen atoms in total. The summed E-state index contributed by atoms with van der Waals surface area (Å²) in [6, 6.07) is 6.16. The Labute approximate surface area is 138 Å². The van der Waals surface area contributed by atoms with Gasteiger partial charge in [0.2, 0.25) is 0 Å². The lowest BCUT2D eigenvalue weighted by Crippen LogP contribution is -2.15. The molecular formula is C16H26N2OS2. The average molecular weight is 327 g/mol.